The van der Waals surface area contributed by atoms with Gasteiger partial charge in [0.05, 0.1) is 10.9 Å². The molecule has 2 aromatic carbocycles. The van der Waals surface area contributed by atoms with Gasteiger partial charge in [-0.1, -0.05) is 35.6 Å². The molecular formula is C22H21F2N5OS. The summed E-state index contributed by atoms with van der Waals surface area (Å²) in [6, 6.07) is 13.7. The van der Waals surface area contributed by atoms with Gasteiger partial charge in [-0.2, -0.15) is 4.52 Å². The summed E-state index contributed by atoms with van der Waals surface area (Å²) in [5.74, 6) is -1.24. The second kappa shape index (κ2) is 7.90. The maximum absolute atomic E-state index is 14.1. The molecule has 0 radical (unpaired) electrons. The highest BCUT2D eigenvalue weighted by Crippen LogP contribution is 2.40. The van der Waals surface area contributed by atoms with E-state index < -0.39 is 17.7 Å². The number of para-hydroxylation sites is 1. The number of hydrogen-bond acceptors (Lipinski definition) is 6. The molecule has 0 bridgehead atoms. The summed E-state index contributed by atoms with van der Waals surface area (Å²) in [4.78, 5) is 10.0. The average molecular weight is 442 g/mol. The van der Waals surface area contributed by atoms with Crippen molar-refractivity contribution < 1.29 is 13.9 Å². The number of benzene rings is 2. The predicted octanol–water partition coefficient (Wildman–Crippen LogP) is 3.99. The Labute approximate surface area is 182 Å². The molecule has 1 aliphatic heterocycles. The van der Waals surface area contributed by atoms with Gasteiger partial charge in [0.25, 0.3) is 0 Å². The number of aromatic nitrogens is 3. The van der Waals surface area contributed by atoms with E-state index in [1.54, 1.807) is 13.0 Å². The van der Waals surface area contributed by atoms with Crippen molar-refractivity contribution in [1.82, 2.24) is 19.5 Å². The highest BCUT2D eigenvalue weighted by molar-refractivity contribution is 7.17. The zero-order chi connectivity index (χ0) is 21.5. The van der Waals surface area contributed by atoms with Crippen molar-refractivity contribution >= 4 is 22.0 Å². The summed E-state index contributed by atoms with van der Waals surface area (Å²) in [6.07, 6.45) is 0. The van der Waals surface area contributed by atoms with Crippen LogP contribution in [0.4, 0.5) is 14.5 Å². The lowest BCUT2D eigenvalue weighted by Crippen LogP contribution is -2.47. The van der Waals surface area contributed by atoms with E-state index in [0.717, 1.165) is 24.8 Å². The minimum Gasteiger partial charge on any atom is -0.492 e. The average Bonchev–Trinajstić information content (AvgIpc) is 3.29. The van der Waals surface area contributed by atoms with Crippen LogP contribution in [0.2, 0.25) is 0 Å². The normalized spacial score (nSPS) is 16.2. The van der Waals surface area contributed by atoms with Gasteiger partial charge >= 0.3 is 0 Å². The topological polar surface area (TPSA) is 56.9 Å². The lowest BCUT2D eigenvalue weighted by atomic mass is 10.0. The second-order valence-electron chi connectivity index (χ2n) is 7.58. The monoisotopic (exact) mass is 441 g/mol. The molecule has 3 heterocycles. The maximum Gasteiger partial charge on any atom is 0.230 e. The molecule has 1 fully saturated rings. The Morgan fingerprint density at radius 2 is 1.74 bits per heavy atom. The number of nitrogens with zero attached hydrogens (tertiary/aromatic N) is 5. The third kappa shape index (κ3) is 3.64. The molecular weight excluding hydrogens is 420 g/mol. The number of aryl methyl sites for hydroxylation is 1. The van der Waals surface area contributed by atoms with Crippen LogP contribution < -0.4 is 4.90 Å². The van der Waals surface area contributed by atoms with E-state index in [-0.39, 0.29) is 5.88 Å². The minimum absolute atomic E-state index is 0.0131. The molecule has 1 atom stereocenters. The van der Waals surface area contributed by atoms with Gasteiger partial charge in [-0.3, -0.25) is 4.90 Å². The van der Waals surface area contributed by atoms with Crippen LogP contribution in [0, 0.1) is 18.6 Å². The van der Waals surface area contributed by atoms with Gasteiger partial charge in [-0.05, 0) is 36.8 Å². The molecule has 0 unspecified atom stereocenters. The van der Waals surface area contributed by atoms with Crippen LogP contribution in [-0.2, 0) is 0 Å². The SMILES string of the molecule is Cc1nc2sc([C@H](c3ccc(F)c(F)c3)N3CCN(c4ccccc4)CC3)c(O)n2n1. The molecule has 4 aromatic rings. The fourth-order valence-corrected chi connectivity index (χ4v) is 5.28. The zero-order valence-electron chi connectivity index (χ0n) is 16.9. The van der Waals surface area contributed by atoms with E-state index in [4.69, 9.17) is 0 Å². The molecule has 0 aliphatic carbocycles. The molecule has 0 spiro atoms. The fraction of sp³-hybridized carbons (Fsp3) is 0.273. The number of fused-ring (bicyclic) bond motifs is 1. The summed E-state index contributed by atoms with van der Waals surface area (Å²) in [5, 5.41) is 15.1. The van der Waals surface area contributed by atoms with Crippen LogP contribution in [0.15, 0.2) is 48.5 Å². The first kappa shape index (κ1) is 19.9. The van der Waals surface area contributed by atoms with Crippen LogP contribution in [0.3, 0.4) is 0 Å². The fourth-order valence-electron chi connectivity index (χ4n) is 4.11. The standard InChI is InChI=1S/C22H21F2N5OS/c1-14-25-22-29(26-14)21(30)20(31-22)19(15-7-8-17(23)18(24)13-15)28-11-9-27(10-12-28)16-5-3-2-4-6-16/h2-8,13,19,30H,9-12H2,1H3/t19-/m0/s1. The predicted molar refractivity (Wildman–Crippen MR) is 116 cm³/mol. The summed E-state index contributed by atoms with van der Waals surface area (Å²) < 4.78 is 29.1. The largest absolute Gasteiger partial charge is 0.492 e. The van der Waals surface area contributed by atoms with Gasteiger partial charge in [-0.15, -0.1) is 5.10 Å². The first-order valence-corrected chi connectivity index (χ1v) is 10.9. The molecule has 1 N–H and O–H groups in total. The Morgan fingerprint density at radius 1 is 1.00 bits per heavy atom. The quantitative estimate of drug-likeness (QED) is 0.519. The van der Waals surface area contributed by atoms with Gasteiger partial charge in [0.15, 0.2) is 11.6 Å². The van der Waals surface area contributed by atoms with Gasteiger partial charge in [0, 0.05) is 31.9 Å². The summed E-state index contributed by atoms with van der Waals surface area (Å²) in [5.41, 5.74) is 1.74. The summed E-state index contributed by atoms with van der Waals surface area (Å²) in [7, 11) is 0. The van der Waals surface area contributed by atoms with Gasteiger partial charge in [-0.25, -0.2) is 13.8 Å². The molecule has 5 rings (SSSR count). The zero-order valence-corrected chi connectivity index (χ0v) is 17.7. The number of halogens is 2. The Hall–Kier alpha value is -3.04. The maximum atomic E-state index is 14.1. The molecule has 2 aromatic heterocycles. The smallest absolute Gasteiger partial charge is 0.230 e. The Morgan fingerprint density at radius 3 is 2.42 bits per heavy atom. The Bertz CT molecular complexity index is 1220. The van der Waals surface area contributed by atoms with E-state index in [9.17, 15) is 13.9 Å². The highest BCUT2D eigenvalue weighted by Gasteiger charge is 2.32. The van der Waals surface area contributed by atoms with Crippen LogP contribution >= 0.6 is 11.3 Å². The van der Waals surface area contributed by atoms with E-state index in [0.29, 0.717) is 34.3 Å². The van der Waals surface area contributed by atoms with Crippen molar-refractivity contribution in [3.63, 3.8) is 0 Å². The molecule has 0 amide bonds. The number of aromatic hydroxyl groups is 1. The lowest BCUT2D eigenvalue weighted by Gasteiger charge is -2.40. The Balaban J connectivity index is 1.50. The van der Waals surface area contributed by atoms with Crippen molar-refractivity contribution in [2.75, 3.05) is 31.1 Å². The summed E-state index contributed by atoms with van der Waals surface area (Å²) >= 11 is 1.32. The van der Waals surface area contributed by atoms with Crippen LogP contribution in [-0.4, -0.2) is 50.8 Å². The summed E-state index contributed by atoms with van der Waals surface area (Å²) in [6.45, 7) is 4.72. The number of anilines is 1. The molecule has 1 aliphatic rings. The highest BCUT2D eigenvalue weighted by atomic mass is 32.1. The number of thiazole rings is 1. The lowest BCUT2D eigenvalue weighted by molar-refractivity contribution is 0.210. The van der Waals surface area contributed by atoms with E-state index in [1.807, 2.05) is 18.2 Å². The number of rotatable bonds is 4. The van der Waals surface area contributed by atoms with E-state index in [2.05, 4.69) is 32.0 Å². The molecule has 31 heavy (non-hydrogen) atoms. The van der Waals surface area contributed by atoms with Gasteiger partial charge in [0.1, 0.15) is 5.82 Å². The third-order valence-electron chi connectivity index (χ3n) is 5.61. The van der Waals surface area contributed by atoms with Crippen LogP contribution in [0.1, 0.15) is 22.3 Å². The van der Waals surface area contributed by atoms with E-state index in [1.165, 1.54) is 21.9 Å². The van der Waals surface area contributed by atoms with Crippen LogP contribution in [0.25, 0.3) is 4.96 Å². The van der Waals surface area contributed by atoms with Crippen molar-refractivity contribution in [1.29, 1.82) is 0 Å². The molecule has 0 saturated carbocycles. The minimum atomic E-state index is -0.903. The van der Waals surface area contributed by atoms with Gasteiger partial charge < -0.3 is 10.0 Å². The number of hydrogen-bond donors (Lipinski definition) is 1. The van der Waals surface area contributed by atoms with Crippen LogP contribution in [0.5, 0.6) is 5.88 Å². The van der Waals surface area contributed by atoms with Crippen molar-refractivity contribution in [2.24, 2.45) is 0 Å². The van der Waals surface area contributed by atoms with Crippen molar-refractivity contribution in [2.45, 2.75) is 13.0 Å². The number of piperazine rings is 1. The van der Waals surface area contributed by atoms with E-state index >= 15 is 0 Å². The third-order valence-corrected chi connectivity index (χ3v) is 6.69. The second-order valence-corrected chi connectivity index (χ2v) is 8.59. The van der Waals surface area contributed by atoms with Crippen molar-refractivity contribution in [3.8, 4) is 5.88 Å². The Kier molecular flexibility index (Phi) is 5.07. The molecule has 160 valence electrons. The molecule has 6 nitrogen and oxygen atoms in total. The molecule has 9 heteroatoms. The first-order valence-electron chi connectivity index (χ1n) is 10.1. The first-order chi connectivity index (χ1) is 15.0. The molecule has 1 saturated heterocycles. The van der Waals surface area contributed by atoms with Crippen molar-refractivity contribution in [3.05, 3.63) is 76.4 Å². The van der Waals surface area contributed by atoms with Gasteiger partial charge in [0.2, 0.25) is 10.8 Å².